The minimum Gasteiger partial charge on any atom is -0.497 e. The van der Waals surface area contributed by atoms with E-state index in [0.717, 1.165) is 49.0 Å². The summed E-state index contributed by atoms with van der Waals surface area (Å²) in [7, 11) is -1.24. The van der Waals surface area contributed by atoms with Gasteiger partial charge in [-0.05, 0) is 37.5 Å². The average Bonchev–Trinajstić information content (AvgIpc) is 3.24. The number of sulfone groups is 1. The van der Waals surface area contributed by atoms with Crippen LogP contribution in [-0.2, 0) is 9.84 Å². The molecule has 4 rings (SSSR count). The number of fused-ring (bicyclic) bond motifs is 1. The van der Waals surface area contributed by atoms with Gasteiger partial charge in [-0.3, -0.25) is 9.69 Å². The summed E-state index contributed by atoms with van der Waals surface area (Å²) in [5, 5.41) is 4.08. The van der Waals surface area contributed by atoms with Crippen LogP contribution in [0.25, 0.3) is 10.9 Å². The van der Waals surface area contributed by atoms with Crippen LogP contribution in [0.3, 0.4) is 0 Å². The van der Waals surface area contributed by atoms with Gasteiger partial charge in [0.25, 0.3) is 5.91 Å². The van der Waals surface area contributed by atoms with Gasteiger partial charge in [-0.2, -0.15) is 0 Å². The molecule has 0 spiro atoms. The van der Waals surface area contributed by atoms with Crippen LogP contribution in [0.5, 0.6) is 5.75 Å². The molecule has 0 saturated carbocycles. The van der Waals surface area contributed by atoms with E-state index >= 15 is 0 Å². The summed E-state index contributed by atoms with van der Waals surface area (Å²) >= 11 is 0. The van der Waals surface area contributed by atoms with Gasteiger partial charge in [0.05, 0.1) is 18.6 Å². The molecule has 8 heteroatoms. The van der Waals surface area contributed by atoms with E-state index in [0.29, 0.717) is 11.4 Å². The zero-order valence-corrected chi connectivity index (χ0v) is 16.2. The van der Waals surface area contributed by atoms with Crippen molar-refractivity contribution in [3.8, 4) is 5.75 Å². The second-order valence-corrected chi connectivity index (χ2v) is 9.71. The Labute approximate surface area is 159 Å². The first-order valence-corrected chi connectivity index (χ1v) is 11.2. The summed E-state index contributed by atoms with van der Waals surface area (Å²) in [6.07, 6.45) is 2.42. The number of rotatable bonds is 4. The molecule has 2 aliphatic heterocycles. The highest BCUT2D eigenvalue weighted by molar-refractivity contribution is 7.91. The second-order valence-electron chi connectivity index (χ2n) is 7.48. The minimum absolute atomic E-state index is 0.105. The van der Waals surface area contributed by atoms with Crippen LogP contribution in [-0.4, -0.2) is 68.0 Å². The van der Waals surface area contributed by atoms with Crippen LogP contribution in [0.15, 0.2) is 24.3 Å². The van der Waals surface area contributed by atoms with Gasteiger partial charge < -0.3 is 15.0 Å². The molecule has 0 bridgehead atoms. The maximum Gasteiger partial charge on any atom is 0.267 e. The van der Waals surface area contributed by atoms with E-state index in [4.69, 9.17) is 4.74 Å². The van der Waals surface area contributed by atoms with Crippen molar-refractivity contribution >= 4 is 26.6 Å². The van der Waals surface area contributed by atoms with Crippen LogP contribution >= 0.6 is 0 Å². The molecule has 1 amide bonds. The first kappa shape index (κ1) is 18.3. The van der Waals surface area contributed by atoms with E-state index in [2.05, 4.69) is 15.2 Å². The molecule has 2 N–H and O–H groups in total. The van der Waals surface area contributed by atoms with Crippen molar-refractivity contribution < 1.29 is 17.9 Å². The predicted molar refractivity (Wildman–Crippen MR) is 104 cm³/mol. The zero-order valence-electron chi connectivity index (χ0n) is 15.4. The number of likely N-dealkylation sites (tertiary alicyclic amines) is 1. The molecule has 0 radical (unpaired) electrons. The fourth-order valence-corrected chi connectivity index (χ4v) is 5.85. The Balaban J connectivity index is 1.34. The molecule has 2 aliphatic rings. The number of aromatic amines is 1. The quantitative estimate of drug-likeness (QED) is 0.825. The van der Waals surface area contributed by atoms with E-state index in [-0.39, 0.29) is 23.7 Å². The number of carbonyl (C=O) groups is 1. The van der Waals surface area contributed by atoms with E-state index in [1.54, 1.807) is 7.11 Å². The number of nitrogens with one attached hydrogen (secondary N) is 2. The first-order valence-electron chi connectivity index (χ1n) is 9.35. The number of hydrogen-bond acceptors (Lipinski definition) is 5. The Kier molecular flexibility index (Phi) is 4.86. The minimum atomic E-state index is -2.86. The van der Waals surface area contributed by atoms with Crippen molar-refractivity contribution in [3.05, 3.63) is 30.0 Å². The van der Waals surface area contributed by atoms with E-state index in [9.17, 15) is 13.2 Å². The SMILES string of the molecule is COc1ccc2cc(C(=O)NC3CCN([C@@H]4CCS(=O)(=O)C4)CC3)[nH]c2c1. The molecular formula is C19H25N3O4S. The Morgan fingerprint density at radius 3 is 2.67 bits per heavy atom. The maximum atomic E-state index is 12.6. The van der Waals surface area contributed by atoms with Gasteiger partial charge in [0, 0.05) is 42.1 Å². The third-order valence-electron chi connectivity index (χ3n) is 5.66. The van der Waals surface area contributed by atoms with Crippen molar-refractivity contribution in [3.63, 3.8) is 0 Å². The van der Waals surface area contributed by atoms with Gasteiger partial charge >= 0.3 is 0 Å². The smallest absolute Gasteiger partial charge is 0.267 e. The number of carbonyl (C=O) groups excluding carboxylic acids is 1. The molecule has 27 heavy (non-hydrogen) atoms. The van der Waals surface area contributed by atoms with Gasteiger partial charge in [0.2, 0.25) is 0 Å². The molecule has 1 atom stereocenters. The number of amides is 1. The fourth-order valence-electron chi connectivity index (χ4n) is 4.09. The maximum absolute atomic E-state index is 12.6. The van der Waals surface area contributed by atoms with Crippen LogP contribution in [0.4, 0.5) is 0 Å². The fraction of sp³-hybridized carbons (Fsp3) is 0.526. The summed E-state index contributed by atoms with van der Waals surface area (Å²) in [6.45, 7) is 1.66. The molecule has 146 valence electrons. The van der Waals surface area contributed by atoms with Gasteiger partial charge in [-0.15, -0.1) is 0 Å². The van der Waals surface area contributed by atoms with Crippen LogP contribution in [0.2, 0.25) is 0 Å². The van der Waals surface area contributed by atoms with Crippen molar-refractivity contribution in [2.24, 2.45) is 0 Å². The lowest BCUT2D eigenvalue weighted by atomic mass is 10.0. The Hall–Kier alpha value is -2.06. The summed E-state index contributed by atoms with van der Waals surface area (Å²) in [4.78, 5) is 18.0. The lowest BCUT2D eigenvalue weighted by Crippen LogP contribution is -2.48. The molecule has 0 aliphatic carbocycles. The summed E-state index contributed by atoms with van der Waals surface area (Å²) in [6, 6.07) is 7.79. The molecule has 7 nitrogen and oxygen atoms in total. The third-order valence-corrected chi connectivity index (χ3v) is 7.41. The van der Waals surface area contributed by atoms with E-state index in [1.165, 1.54) is 0 Å². The third kappa shape index (κ3) is 3.96. The summed E-state index contributed by atoms with van der Waals surface area (Å²) in [5.41, 5.74) is 1.42. The number of aromatic nitrogens is 1. The highest BCUT2D eigenvalue weighted by Crippen LogP contribution is 2.23. The van der Waals surface area contributed by atoms with Gasteiger partial charge in [0.15, 0.2) is 9.84 Å². The number of piperidine rings is 1. The Morgan fingerprint density at radius 2 is 2.00 bits per heavy atom. The zero-order chi connectivity index (χ0) is 19.0. The van der Waals surface area contributed by atoms with Crippen molar-refractivity contribution in [1.29, 1.82) is 0 Å². The number of methoxy groups -OCH3 is 1. The Bertz CT molecular complexity index is 945. The normalized spacial score (nSPS) is 23.5. The molecule has 0 unspecified atom stereocenters. The van der Waals surface area contributed by atoms with E-state index < -0.39 is 9.84 Å². The molecule has 1 aromatic heterocycles. The molecule has 3 heterocycles. The van der Waals surface area contributed by atoms with Gasteiger partial charge in [-0.1, -0.05) is 0 Å². The molecule has 2 fully saturated rings. The summed E-state index contributed by atoms with van der Waals surface area (Å²) in [5.74, 6) is 1.23. The van der Waals surface area contributed by atoms with Crippen molar-refractivity contribution in [2.45, 2.75) is 31.3 Å². The average molecular weight is 391 g/mol. The molecular weight excluding hydrogens is 366 g/mol. The lowest BCUT2D eigenvalue weighted by Gasteiger charge is -2.35. The number of nitrogens with zero attached hydrogens (tertiary/aromatic N) is 1. The van der Waals surface area contributed by atoms with E-state index in [1.807, 2.05) is 24.3 Å². The molecule has 2 aromatic rings. The van der Waals surface area contributed by atoms with Crippen LogP contribution in [0.1, 0.15) is 29.8 Å². The lowest BCUT2D eigenvalue weighted by molar-refractivity contribution is 0.0894. The monoisotopic (exact) mass is 391 g/mol. The standard InChI is InChI=1S/C19H25N3O4S/c1-26-16-3-2-13-10-18(21-17(13)11-16)19(23)20-14-4-7-22(8-5-14)15-6-9-27(24,25)12-15/h2-3,10-11,14-15,21H,4-9,12H2,1H3,(H,20,23)/t15-/m1/s1. The topological polar surface area (TPSA) is 91.5 Å². The van der Waals surface area contributed by atoms with Crippen molar-refractivity contribution in [1.82, 2.24) is 15.2 Å². The van der Waals surface area contributed by atoms with Gasteiger partial charge in [-0.25, -0.2) is 8.42 Å². The number of H-pyrrole nitrogens is 1. The number of benzene rings is 1. The highest BCUT2D eigenvalue weighted by atomic mass is 32.2. The second kappa shape index (κ2) is 7.16. The molecule has 1 aromatic carbocycles. The van der Waals surface area contributed by atoms with Crippen LogP contribution < -0.4 is 10.1 Å². The van der Waals surface area contributed by atoms with Crippen LogP contribution in [0, 0.1) is 0 Å². The number of ether oxygens (including phenoxy) is 1. The van der Waals surface area contributed by atoms with Crippen molar-refractivity contribution in [2.75, 3.05) is 31.7 Å². The van der Waals surface area contributed by atoms with Gasteiger partial charge in [0.1, 0.15) is 11.4 Å². The number of hydrogen-bond donors (Lipinski definition) is 2. The predicted octanol–water partition coefficient (Wildman–Crippen LogP) is 1.56. The largest absolute Gasteiger partial charge is 0.497 e. The Morgan fingerprint density at radius 1 is 1.22 bits per heavy atom. The highest BCUT2D eigenvalue weighted by Gasteiger charge is 2.34. The summed E-state index contributed by atoms with van der Waals surface area (Å²) < 4.78 is 28.6. The first-order chi connectivity index (χ1) is 12.9. The molecule has 2 saturated heterocycles.